The summed E-state index contributed by atoms with van der Waals surface area (Å²) in [6, 6.07) is 16.3. The van der Waals surface area contributed by atoms with Gasteiger partial charge in [0.2, 0.25) is 0 Å². The quantitative estimate of drug-likeness (QED) is 0.182. The first-order valence-corrected chi connectivity index (χ1v) is 12.6. The number of halogens is 1. The Balaban J connectivity index is 1.59. The lowest BCUT2D eigenvalue weighted by atomic mass is 10.2. The summed E-state index contributed by atoms with van der Waals surface area (Å²) in [5.74, 6) is -0.00292. The number of benzene rings is 3. The molecule has 2 heterocycles. The van der Waals surface area contributed by atoms with Gasteiger partial charge in [-0.1, -0.05) is 39.4 Å². The van der Waals surface area contributed by atoms with Crippen molar-refractivity contribution in [3.63, 3.8) is 0 Å². The number of aromatic nitrogens is 2. The van der Waals surface area contributed by atoms with Gasteiger partial charge >= 0.3 is 10.1 Å². The van der Waals surface area contributed by atoms with Crippen LogP contribution < -0.4 is 14.3 Å². The number of hydrogen-bond donors (Lipinski definition) is 0. The first-order valence-electron chi connectivity index (χ1n) is 9.63. The summed E-state index contributed by atoms with van der Waals surface area (Å²) in [5.41, 5.74) is 1.22. The minimum atomic E-state index is -4.29. The minimum absolute atomic E-state index is 0.00292. The van der Waals surface area contributed by atoms with E-state index in [1.54, 1.807) is 24.3 Å². The third kappa shape index (κ3) is 3.95. The van der Waals surface area contributed by atoms with Gasteiger partial charge in [-0.2, -0.15) is 8.42 Å². The Morgan fingerprint density at radius 3 is 2.56 bits per heavy atom. The largest absolute Gasteiger partial charge is 0.378 e. The fourth-order valence-electron chi connectivity index (χ4n) is 3.36. The number of imidazole rings is 1. The van der Waals surface area contributed by atoms with Gasteiger partial charge in [-0.3, -0.25) is 14.9 Å². The zero-order chi connectivity index (χ0) is 24.0. The average Bonchev–Trinajstić information content (AvgIpc) is 3.31. The third-order valence-corrected chi connectivity index (χ3v) is 7.65. The number of rotatable bonds is 5. The Morgan fingerprint density at radius 2 is 1.82 bits per heavy atom. The van der Waals surface area contributed by atoms with Gasteiger partial charge in [0.25, 0.3) is 11.2 Å². The zero-order valence-corrected chi connectivity index (χ0v) is 20.1. The van der Waals surface area contributed by atoms with Gasteiger partial charge < -0.3 is 4.18 Å². The number of non-ortho nitro benzene ring substituents is 1. The molecule has 0 bridgehead atoms. The Kier molecular flexibility index (Phi) is 5.42. The lowest BCUT2D eigenvalue weighted by Crippen LogP contribution is -2.22. The summed E-state index contributed by atoms with van der Waals surface area (Å²) in [7, 11) is -4.29. The highest BCUT2D eigenvalue weighted by Gasteiger charge is 2.20. The molecule has 0 saturated carbocycles. The number of hydrogen-bond acceptors (Lipinski definition) is 8. The molecule has 0 spiro atoms. The summed E-state index contributed by atoms with van der Waals surface area (Å²) in [5, 5.41) is 10.8. The lowest BCUT2D eigenvalue weighted by Gasteiger charge is -2.10. The molecule has 170 valence electrons. The Labute approximate surface area is 204 Å². The topological polar surface area (TPSA) is 121 Å². The van der Waals surface area contributed by atoms with Gasteiger partial charge in [-0.25, -0.2) is 9.38 Å². The van der Waals surface area contributed by atoms with Crippen molar-refractivity contribution >= 4 is 65.1 Å². The molecule has 3 aromatic carbocycles. The number of nitrogens with zero attached hydrogens (tertiary/aromatic N) is 3. The van der Waals surface area contributed by atoms with E-state index in [2.05, 4.69) is 20.9 Å². The van der Waals surface area contributed by atoms with E-state index < -0.39 is 15.0 Å². The summed E-state index contributed by atoms with van der Waals surface area (Å²) in [4.78, 5) is 28.0. The third-order valence-electron chi connectivity index (χ3n) is 4.94. The average molecular weight is 558 g/mol. The highest BCUT2D eigenvalue weighted by Crippen LogP contribution is 2.28. The number of fused-ring (bicyclic) bond motifs is 3. The van der Waals surface area contributed by atoms with E-state index in [9.17, 15) is 23.3 Å². The summed E-state index contributed by atoms with van der Waals surface area (Å²) in [6.45, 7) is 0. The summed E-state index contributed by atoms with van der Waals surface area (Å²) < 4.78 is 33.4. The molecule has 5 rings (SSSR count). The van der Waals surface area contributed by atoms with Crippen molar-refractivity contribution < 1.29 is 17.5 Å². The number of nitro groups is 1. The smallest absolute Gasteiger partial charge is 0.339 e. The summed E-state index contributed by atoms with van der Waals surface area (Å²) >= 11 is 4.53. The lowest BCUT2D eigenvalue weighted by molar-refractivity contribution is -0.384. The first kappa shape index (κ1) is 22.2. The van der Waals surface area contributed by atoms with Crippen molar-refractivity contribution in [3.05, 3.63) is 102 Å². The fraction of sp³-hybridized carbons (Fsp3) is 0. The predicted molar refractivity (Wildman–Crippen MR) is 131 cm³/mol. The van der Waals surface area contributed by atoms with Crippen LogP contribution in [0.4, 0.5) is 5.69 Å². The van der Waals surface area contributed by atoms with Gasteiger partial charge in [0.15, 0.2) is 4.96 Å². The van der Waals surface area contributed by atoms with Crippen LogP contribution in [0.2, 0.25) is 0 Å². The van der Waals surface area contributed by atoms with E-state index in [0.717, 1.165) is 24.3 Å². The highest BCUT2D eigenvalue weighted by molar-refractivity contribution is 9.10. The first-order chi connectivity index (χ1) is 16.2. The molecule has 0 saturated heterocycles. The van der Waals surface area contributed by atoms with Crippen LogP contribution in [0.3, 0.4) is 0 Å². The zero-order valence-electron chi connectivity index (χ0n) is 16.9. The molecule has 2 aromatic heterocycles. The normalized spacial score (nSPS) is 12.4. The van der Waals surface area contributed by atoms with E-state index in [4.69, 9.17) is 4.18 Å². The molecule has 0 fully saturated rings. The van der Waals surface area contributed by atoms with Crippen LogP contribution in [0.25, 0.3) is 22.1 Å². The molecular formula is C22H12BrN3O6S2. The summed E-state index contributed by atoms with van der Waals surface area (Å²) in [6.07, 6.45) is 1.54. The molecule has 0 aliphatic carbocycles. The molecule has 0 unspecified atom stereocenters. The molecule has 0 aliphatic heterocycles. The van der Waals surface area contributed by atoms with E-state index in [1.807, 2.05) is 18.2 Å². The SMILES string of the molecule is O=c1/c(=C\c2cc(Br)ccc2OS(=O)(=O)c2ccc([N+](=O)[O-])cc2)sc2nc3ccccc3n12. The number of thiazole rings is 1. The molecular weight excluding hydrogens is 546 g/mol. The second kappa shape index (κ2) is 8.31. The van der Waals surface area contributed by atoms with Crippen LogP contribution in [0.15, 0.2) is 80.9 Å². The maximum atomic E-state index is 13.1. The van der Waals surface area contributed by atoms with Crippen LogP contribution >= 0.6 is 27.3 Å². The molecule has 0 N–H and O–H groups in total. The number of nitro benzene ring substituents is 1. The van der Waals surface area contributed by atoms with Crippen LogP contribution in [0, 0.1) is 10.1 Å². The van der Waals surface area contributed by atoms with Crippen molar-refractivity contribution in [2.24, 2.45) is 0 Å². The molecule has 0 atom stereocenters. The van der Waals surface area contributed by atoms with Gasteiger partial charge in [-0.15, -0.1) is 0 Å². The van der Waals surface area contributed by atoms with Crippen LogP contribution in [-0.2, 0) is 10.1 Å². The molecule has 12 heteroatoms. The van der Waals surface area contributed by atoms with Crippen LogP contribution in [0.1, 0.15) is 5.56 Å². The van der Waals surface area contributed by atoms with Crippen molar-refractivity contribution in [1.29, 1.82) is 0 Å². The number of para-hydroxylation sites is 2. The molecule has 34 heavy (non-hydrogen) atoms. The predicted octanol–water partition coefficient (Wildman–Crippen LogP) is 3.90. The van der Waals surface area contributed by atoms with Crippen LogP contribution in [-0.4, -0.2) is 22.7 Å². The van der Waals surface area contributed by atoms with Crippen molar-refractivity contribution in [1.82, 2.24) is 9.38 Å². The van der Waals surface area contributed by atoms with Gasteiger partial charge in [0, 0.05) is 22.2 Å². The Hall–Kier alpha value is -3.61. The standard InChI is InChI=1S/C22H12BrN3O6S2/c23-14-5-10-19(32-34(30,31)16-8-6-15(7-9-16)26(28)29)13(11-14)12-20-21(27)25-18-4-2-1-3-17(18)24-22(25)33-20/h1-12H/b20-12+. The maximum Gasteiger partial charge on any atom is 0.339 e. The van der Waals surface area contributed by atoms with Crippen molar-refractivity contribution in [2.75, 3.05) is 0 Å². The second-order valence-corrected chi connectivity index (χ2v) is 10.6. The second-order valence-electron chi connectivity index (χ2n) is 7.10. The van der Waals surface area contributed by atoms with Gasteiger partial charge in [0.1, 0.15) is 10.6 Å². The monoisotopic (exact) mass is 557 g/mol. The Morgan fingerprint density at radius 1 is 1.09 bits per heavy atom. The van der Waals surface area contributed by atoms with Crippen LogP contribution in [0.5, 0.6) is 5.75 Å². The molecule has 0 amide bonds. The van der Waals surface area contributed by atoms with Crippen molar-refractivity contribution in [2.45, 2.75) is 4.90 Å². The fourth-order valence-corrected chi connectivity index (χ4v) is 5.67. The van der Waals surface area contributed by atoms with E-state index in [1.165, 1.54) is 21.8 Å². The van der Waals surface area contributed by atoms with E-state index in [0.29, 0.717) is 30.6 Å². The molecule has 5 aromatic rings. The highest BCUT2D eigenvalue weighted by atomic mass is 79.9. The molecule has 0 radical (unpaired) electrons. The van der Waals surface area contributed by atoms with Gasteiger partial charge in [0.05, 0.1) is 20.5 Å². The van der Waals surface area contributed by atoms with E-state index in [-0.39, 0.29) is 21.9 Å². The minimum Gasteiger partial charge on any atom is -0.378 e. The molecule has 9 nitrogen and oxygen atoms in total. The maximum absolute atomic E-state index is 13.1. The Bertz CT molecular complexity index is 1810. The van der Waals surface area contributed by atoms with Gasteiger partial charge in [-0.05, 0) is 48.5 Å². The van der Waals surface area contributed by atoms with Crippen molar-refractivity contribution in [3.8, 4) is 5.75 Å². The molecule has 0 aliphatic rings. The van der Waals surface area contributed by atoms with E-state index >= 15 is 0 Å².